The lowest BCUT2D eigenvalue weighted by molar-refractivity contribution is -0.249. The van der Waals surface area contributed by atoms with Gasteiger partial charge in [0.05, 0.1) is 17.7 Å². The van der Waals surface area contributed by atoms with Gasteiger partial charge in [-0.05, 0) is 31.2 Å². The van der Waals surface area contributed by atoms with Crippen molar-refractivity contribution in [2.45, 2.75) is 31.3 Å². The van der Waals surface area contributed by atoms with Crippen molar-refractivity contribution in [3.8, 4) is 0 Å². The van der Waals surface area contributed by atoms with Crippen molar-refractivity contribution >= 4 is 18.2 Å². The molecule has 158 valence electrons. The Hall–Kier alpha value is -3.23. The number of carbonyl (C=O) groups excluding carboxylic acids is 2. The molecule has 3 atom stereocenters. The predicted octanol–water partition coefficient (Wildman–Crippen LogP) is 3.05. The van der Waals surface area contributed by atoms with Gasteiger partial charge in [0.15, 0.2) is 6.10 Å². The van der Waals surface area contributed by atoms with Crippen LogP contribution in [0.25, 0.3) is 0 Å². The standard InChI is InChI=1S/C22H23NO7/c1-2-27-22(15-23-26)13-18(29-20(24)16-9-5-3-6-10-16)19(14-28-22)30-21(25)17-11-7-4-8-12-17/h3-12,15,18-19,26H,2,13-14H2,1H3/b23-15+/t18-,19+,22-/m0/s1. The second kappa shape index (κ2) is 10.00. The number of hydrogen-bond acceptors (Lipinski definition) is 8. The third-order valence-electron chi connectivity index (χ3n) is 4.57. The van der Waals surface area contributed by atoms with Gasteiger partial charge in [0.25, 0.3) is 0 Å². The van der Waals surface area contributed by atoms with Crippen LogP contribution in [-0.4, -0.2) is 54.6 Å². The van der Waals surface area contributed by atoms with Crippen LogP contribution in [0, 0.1) is 0 Å². The Bertz CT molecular complexity index is 872. The normalized spacial score (nSPS) is 23.8. The van der Waals surface area contributed by atoms with Crippen LogP contribution in [0.5, 0.6) is 0 Å². The van der Waals surface area contributed by atoms with Gasteiger partial charge in [-0.2, -0.15) is 0 Å². The van der Waals surface area contributed by atoms with Crippen LogP contribution in [0.1, 0.15) is 34.1 Å². The topological polar surface area (TPSA) is 104 Å². The molecule has 2 aromatic carbocycles. The predicted molar refractivity (Wildman–Crippen MR) is 106 cm³/mol. The molecule has 0 saturated carbocycles. The SMILES string of the molecule is CCO[C@@]1(/C=N/O)C[C@H](OC(=O)c2ccccc2)[C@H](OC(=O)c2ccccc2)CO1. The fourth-order valence-corrected chi connectivity index (χ4v) is 3.15. The number of rotatable bonds is 7. The molecular formula is C22H23NO7. The van der Waals surface area contributed by atoms with E-state index in [4.69, 9.17) is 24.2 Å². The van der Waals surface area contributed by atoms with Crippen molar-refractivity contribution in [1.29, 1.82) is 0 Å². The van der Waals surface area contributed by atoms with Crippen LogP contribution in [0.2, 0.25) is 0 Å². The molecule has 1 aliphatic heterocycles. The number of ether oxygens (including phenoxy) is 4. The monoisotopic (exact) mass is 413 g/mol. The molecular weight excluding hydrogens is 390 g/mol. The van der Waals surface area contributed by atoms with Gasteiger partial charge < -0.3 is 24.2 Å². The summed E-state index contributed by atoms with van der Waals surface area (Å²) in [6.07, 6.45) is -0.680. The highest BCUT2D eigenvalue weighted by atomic mass is 16.7. The number of oxime groups is 1. The molecule has 1 fully saturated rings. The average molecular weight is 413 g/mol. The van der Waals surface area contributed by atoms with Crippen molar-refractivity contribution in [1.82, 2.24) is 0 Å². The third kappa shape index (κ3) is 5.22. The van der Waals surface area contributed by atoms with E-state index >= 15 is 0 Å². The Morgan fingerprint density at radius 3 is 2.07 bits per heavy atom. The van der Waals surface area contributed by atoms with Gasteiger partial charge in [0.2, 0.25) is 5.79 Å². The zero-order valence-corrected chi connectivity index (χ0v) is 16.5. The number of carbonyl (C=O) groups is 2. The fraction of sp³-hybridized carbons (Fsp3) is 0.318. The second-order valence-electron chi connectivity index (χ2n) is 6.62. The summed E-state index contributed by atoms with van der Waals surface area (Å²) in [7, 11) is 0. The quantitative estimate of drug-likeness (QED) is 0.322. The molecule has 3 rings (SSSR count). The lowest BCUT2D eigenvalue weighted by Crippen LogP contribution is -2.54. The van der Waals surface area contributed by atoms with E-state index in [1.54, 1.807) is 67.6 Å². The maximum atomic E-state index is 12.6. The Morgan fingerprint density at radius 2 is 1.57 bits per heavy atom. The van der Waals surface area contributed by atoms with E-state index in [9.17, 15) is 9.59 Å². The van der Waals surface area contributed by atoms with Crippen molar-refractivity contribution in [2.75, 3.05) is 13.2 Å². The number of hydrogen-bond donors (Lipinski definition) is 1. The summed E-state index contributed by atoms with van der Waals surface area (Å²) in [6.45, 7) is 1.90. The molecule has 0 spiro atoms. The summed E-state index contributed by atoms with van der Waals surface area (Å²) < 4.78 is 22.5. The molecule has 0 bridgehead atoms. The highest BCUT2D eigenvalue weighted by molar-refractivity contribution is 5.90. The van der Waals surface area contributed by atoms with Gasteiger partial charge in [-0.1, -0.05) is 41.6 Å². The number of benzene rings is 2. The Balaban J connectivity index is 1.81. The van der Waals surface area contributed by atoms with E-state index in [2.05, 4.69) is 5.16 Å². The highest BCUT2D eigenvalue weighted by Crippen LogP contribution is 2.30. The molecule has 30 heavy (non-hydrogen) atoms. The van der Waals surface area contributed by atoms with Crippen LogP contribution in [0.3, 0.4) is 0 Å². The lowest BCUT2D eigenvalue weighted by Gasteiger charge is -2.40. The zero-order chi connectivity index (χ0) is 21.4. The van der Waals surface area contributed by atoms with E-state index in [0.717, 1.165) is 6.21 Å². The summed E-state index contributed by atoms with van der Waals surface area (Å²) in [5.41, 5.74) is 0.721. The van der Waals surface area contributed by atoms with Gasteiger partial charge in [-0.15, -0.1) is 0 Å². The summed E-state index contributed by atoms with van der Waals surface area (Å²) in [4.78, 5) is 25.1. The summed E-state index contributed by atoms with van der Waals surface area (Å²) in [5.74, 6) is -2.54. The number of esters is 2. The molecule has 1 N–H and O–H groups in total. The Morgan fingerprint density at radius 1 is 1.03 bits per heavy atom. The molecule has 0 aromatic heterocycles. The molecule has 8 nitrogen and oxygen atoms in total. The van der Waals surface area contributed by atoms with Gasteiger partial charge in [-0.25, -0.2) is 9.59 Å². The third-order valence-corrected chi connectivity index (χ3v) is 4.57. The van der Waals surface area contributed by atoms with Crippen molar-refractivity contribution in [2.24, 2.45) is 5.16 Å². The fourth-order valence-electron chi connectivity index (χ4n) is 3.15. The van der Waals surface area contributed by atoms with Crippen LogP contribution >= 0.6 is 0 Å². The summed E-state index contributed by atoms with van der Waals surface area (Å²) in [5, 5.41) is 12.1. The van der Waals surface area contributed by atoms with Crippen molar-refractivity contribution in [3.05, 3.63) is 71.8 Å². The Kier molecular flexibility index (Phi) is 7.16. The first-order valence-corrected chi connectivity index (χ1v) is 9.55. The van der Waals surface area contributed by atoms with Crippen LogP contribution < -0.4 is 0 Å². The first kappa shape index (κ1) is 21.5. The zero-order valence-electron chi connectivity index (χ0n) is 16.5. The molecule has 1 heterocycles. The van der Waals surface area contributed by atoms with E-state index in [1.807, 2.05) is 0 Å². The van der Waals surface area contributed by atoms with Crippen molar-refractivity contribution in [3.63, 3.8) is 0 Å². The average Bonchev–Trinajstić information content (AvgIpc) is 2.77. The minimum atomic E-state index is -1.40. The molecule has 0 aliphatic carbocycles. The lowest BCUT2D eigenvalue weighted by atomic mass is 10.0. The first-order valence-electron chi connectivity index (χ1n) is 9.55. The maximum Gasteiger partial charge on any atom is 0.338 e. The smallest absolute Gasteiger partial charge is 0.338 e. The molecule has 2 aromatic rings. The van der Waals surface area contributed by atoms with Gasteiger partial charge in [0, 0.05) is 13.0 Å². The van der Waals surface area contributed by atoms with E-state index < -0.39 is 29.9 Å². The first-order chi connectivity index (χ1) is 14.6. The van der Waals surface area contributed by atoms with Crippen LogP contribution in [-0.2, 0) is 18.9 Å². The van der Waals surface area contributed by atoms with E-state index in [0.29, 0.717) is 11.1 Å². The minimum absolute atomic E-state index is 0.0176. The molecule has 0 amide bonds. The minimum Gasteiger partial charge on any atom is -0.454 e. The highest BCUT2D eigenvalue weighted by Gasteiger charge is 2.46. The summed E-state index contributed by atoms with van der Waals surface area (Å²) in [6, 6.07) is 16.9. The van der Waals surface area contributed by atoms with Gasteiger partial charge >= 0.3 is 11.9 Å². The van der Waals surface area contributed by atoms with Crippen molar-refractivity contribution < 1.29 is 33.7 Å². The van der Waals surface area contributed by atoms with E-state index in [-0.39, 0.29) is 19.6 Å². The second-order valence-corrected chi connectivity index (χ2v) is 6.62. The molecule has 0 unspecified atom stereocenters. The van der Waals surface area contributed by atoms with Gasteiger partial charge in [0.1, 0.15) is 12.3 Å². The van der Waals surface area contributed by atoms with Crippen LogP contribution in [0.4, 0.5) is 0 Å². The van der Waals surface area contributed by atoms with Gasteiger partial charge in [-0.3, -0.25) is 0 Å². The van der Waals surface area contributed by atoms with Crippen LogP contribution in [0.15, 0.2) is 65.8 Å². The number of nitrogens with zero attached hydrogens (tertiary/aromatic N) is 1. The molecule has 1 aliphatic rings. The largest absolute Gasteiger partial charge is 0.454 e. The maximum absolute atomic E-state index is 12.6. The Labute approximate surface area is 174 Å². The molecule has 0 radical (unpaired) electrons. The van der Waals surface area contributed by atoms with E-state index in [1.165, 1.54) is 0 Å². The molecule has 1 saturated heterocycles. The molecule has 8 heteroatoms. The summed E-state index contributed by atoms with van der Waals surface area (Å²) >= 11 is 0.